The lowest BCUT2D eigenvalue weighted by molar-refractivity contribution is -0.688. The van der Waals surface area contributed by atoms with E-state index in [1.807, 2.05) is 47.3 Å². The average Bonchev–Trinajstić information content (AvgIpc) is 2.68. The highest BCUT2D eigenvalue weighted by Gasteiger charge is 2.26. The largest absolute Gasteiger partial charge is 0.460 e. The van der Waals surface area contributed by atoms with Crippen LogP contribution in [0.15, 0.2) is 67.0 Å². The molecule has 1 aliphatic rings. The Morgan fingerprint density at radius 2 is 1.75 bits per heavy atom. The van der Waals surface area contributed by atoms with Crippen LogP contribution in [0.1, 0.15) is 49.3 Å². The molecule has 0 saturated carbocycles. The van der Waals surface area contributed by atoms with Crippen molar-refractivity contribution in [1.82, 2.24) is 0 Å². The summed E-state index contributed by atoms with van der Waals surface area (Å²) in [6.45, 7) is 7.42. The maximum atomic E-state index is 14.2. The summed E-state index contributed by atoms with van der Waals surface area (Å²) in [4.78, 5) is 0. The number of fused-ring (bicyclic) bond motifs is 1. The zero-order chi connectivity index (χ0) is 19.7. The molecule has 0 aliphatic carbocycles. The van der Waals surface area contributed by atoms with Crippen LogP contribution in [0, 0.1) is 5.82 Å². The minimum absolute atomic E-state index is 0.0977. The van der Waals surface area contributed by atoms with Crippen LogP contribution < -0.4 is 9.30 Å². The van der Waals surface area contributed by atoms with E-state index >= 15 is 0 Å². The maximum absolute atomic E-state index is 14.2. The second-order valence-electron chi connectivity index (χ2n) is 8.23. The quantitative estimate of drug-likeness (QED) is 0.594. The molecule has 1 atom stereocenters. The third-order valence-corrected chi connectivity index (χ3v) is 5.00. The van der Waals surface area contributed by atoms with Gasteiger partial charge in [0.05, 0.1) is 12.2 Å². The number of ether oxygens (including phenoxy) is 2. The maximum Gasteiger partial charge on any atom is 0.227 e. The van der Waals surface area contributed by atoms with Gasteiger partial charge >= 0.3 is 0 Å². The summed E-state index contributed by atoms with van der Waals surface area (Å²) in [7, 11) is 0. The predicted octanol–water partition coefficient (Wildman–Crippen LogP) is 5.07. The Labute approximate surface area is 165 Å². The van der Waals surface area contributed by atoms with Gasteiger partial charge in [-0.05, 0) is 23.1 Å². The smallest absolute Gasteiger partial charge is 0.227 e. The standard InChI is InChI=1S/C24H25FNO2/c1-24(2,3)20-9-11-26(12-10-20)15-18-13-21(25)14-19-16-27-23(28-22(18)19)17-7-5-4-6-8-17/h4-14,23H,15-16H2,1-3H3/q+1/t23-/m0/s1. The molecule has 0 saturated heterocycles. The average molecular weight is 378 g/mol. The molecule has 2 aromatic carbocycles. The summed E-state index contributed by atoms with van der Waals surface area (Å²) in [5.41, 5.74) is 3.87. The van der Waals surface area contributed by atoms with Crippen LogP contribution in [0.4, 0.5) is 4.39 Å². The van der Waals surface area contributed by atoms with E-state index in [4.69, 9.17) is 9.47 Å². The van der Waals surface area contributed by atoms with E-state index in [-0.39, 0.29) is 11.2 Å². The molecule has 3 aromatic rings. The first-order valence-electron chi connectivity index (χ1n) is 9.54. The van der Waals surface area contributed by atoms with Crippen molar-refractivity contribution in [3.8, 4) is 5.75 Å². The number of nitrogens with zero attached hydrogens (tertiary/aromatic N) is 1. The van der Waals surface area contributed by atoms with Crippen LogP contribution in [0.2, 0.25) is 0 Å². The van der Waals surface area contributed by atoms with Gasteiger partial charge in [0, 0.05) is 23.3 Å². The first-order chi connectivity index (χ1) is 13.4. The molecule has 0 bridgehead atoms. The summed E-state index contributed by atoms with van der Waals surface area (Å²) in [5, 5.41) is 0. The third-order valence-electron chi connectivity index (χ3n) is 5.00. The number of pyridine rings is 1. The van der Waals surface area contributed by atoms with Gasteiger partial charge in [0.25, 0.3) is 0 Å². The fourth-order valence-corrected chi connectivity index (χ4v) is 3.43. The highest BCUT2D eigenvalue weighted by Crippen LogP contribution is 2.36. The third kappa shape index (κ3) is 3.92. The fraction of sp³-hybridized carbons (Fsp3) is 0.292. The molecular weight excluding hydrogens is 353 g/mol. The van der Waals surface area contributed by atoms with E-state index in [0.717, 1.165) is 16.7 Å². The number of halogens is 1. The molecule has 28 heavy (non-hydrogen) atoms. The van der Waals surface area contributed by atoms with E-state index in [0.29, 0.717) is 18.9 Å². The zero-order valence-electron chi connectivity index (χ0n) is 16.5. The minimum atomic E-state index is -0.480. The Hall–Kier alpha value is -2.72. The lowest BCUT2D eigenvalue weighted by Crippen LogP contribution is -2.34. The minimum Gasteiger partial charge on any atom is -0.460 e. The van der Waals surface area contributed by atoms with Gasteiger partial charge in [-0.2, -0.15) is 0 Å². The van der Waals surface area contributed by atoms with E-state index in [2.05, 4.69) is 32.9 Å². The molecule has 0 fully saturated rings. The summed E-state index contributed by atoms with van der Waals surface area (Å²) in [6, 6.07) is 17.1. The summed E-state index contributed by atoms with van der Waals surface area (Å²) in [5.74, 6) is 0.444. The lowest BCUT2D eigenvalue weighted by atomic mass is 9.88. The van der Waals surface area contributed by atoms with Crippen LogP contribution in [-0.2, 0) is 23.3 Å². The van der Waals surface area contributed by atoms with E-state index in [9.17, 15) is 4.39 Å². The number of hydrogen-bond donors (Lipinski definition) is 0. The Balaban J connectivity index is 1.63. The molecule has 0 radical (unpaired) electrons. The van der Waals surface area contributed by atoms with Crippen molar-refractivity contribution in [1.29, 1.82) is 0 Å². The monoisotopic (exact) mass is 378 g/mol. The second kappa shape index (κ2) is 7.36. The zero-order valence-corrected chi connectivity index (χ0v) is 16.5. The van der Waals surface area contributed by atoms with Crippen molar-refractivity contribution in [3.05, 3.63) is 95.1 Å². The number of benzene rings is 2. The SMILES string of the molecule is CC(C)(C)c1cc[n+](Cc2cc(F)cc3c2O[C@@H](c2ccccc2)OC3)cc1. The molecule has 1 aliphatic heterocycles. The molecule has 4 heteroatoms. The molecule has 0 N–H and O–H groups in total. The molecule has 4 rings (SSSR count). The number of rotatable bonds is 3. The Bertz CT molecular complexity index is 962. The lowest BCUT2D eigenvalue weighted by Gasteiger charge is -2.28. The van der Waals surface area contributed by atoms with Crippen molar-refractivity contribution >= 4 is 0 Å². The normalized spacial score (nSPS) is 16.4. The summed E-state index contributed by atoms with van der Waals surface area (Å²) < 4.78 is 28.2. The number of hydrogen-bond acceptors (Lipinski definition) is 2. The van der Waals surface area contributed by atoms with Crippen LogP contribution in [0.25, 0.3) is 0 Å². The highest BCUT2D eigenvalue weighted by atomic mass is 19.1. The molecule has 3 nitrogen and oxygen atoms in total. The van der Waals surface area contributed by atoms with Crippen molar-refractivity contribution < 1.29 is 18.4 Å². The topological polar surface area (TPSA) is 22.3 Å². The van der Waals surface area contributed by atoms with Crippen molar-refractivity contribution in [2.75, 3.05) is 0 Å². The summed E-state index contributed by atoms with van der Waals surface area (Å²) >= 11 is 0. The highest BCUT2D eigenvalue weighted by molar-refractivity contribution is 5.43. The Kier molecular flexibility index (Phi) is 4.90. The first-order valence-corrected chi connectivity index (χ1v) is 9.54. The van der Waals surface area contributed by atoms with Gasteiger partial charge in [-0.1, -0.05) is 51.1 Å². The van der Waals surface area contributed by atoms with Gasteiger partial charge in [-0.3, -0.25) is 0 Å². The van der Waals surface area contributed by atoms with Gasteiger partial charge in [-0.15, -0.1) is 0 Å². The molecular formula is C24H25FNO2+. The van der Waals surface area contributed by atoms with Crippen molar-refractivity contribution in [2.45, 2.75) is 45.6 Å². The van der Waals surface area contributed by atoms with Gasteiger partial charge in [0.1, 0.15) is 11.6 Å². The van der Waals surface area contributed by atoms with Crippen LogP contribution >= 0.6 is 0 Å². The van der Waals surface area contributed by atoms with Gasteiger partial charge in [-0.25, -0.2) is 8.96 Å². The molecule has 2 heterocycles. The second-order valence-corrected chi connectivity index (χ2v) is 8.23. The van der Waals surface area contributed by atoms with Gasteiger partial charge < -0.3 is 9.47 Å². The van der Waals surface area contributed by atoms with E-state index < -0.39 is 6.29 Å². The molecule has 144 valence electrons. The van der Waals surface area contributed by atoms with Crippen LogP contribution in [0.3, 0.4) is 0 Å². The van der Waals surface area contributed by atoms with Crippen molar-refractivity contribution in [2.24, 2.45) is 0 Å². The Morgan fingerprint density at radius 3 is 2.43 bits per heavy atom. The Morgan fingerprint density at radius 1 is 1.04 bits per heavy atom. The van der Waals surface area contributed by atoms with E-state index in [1.165, 1.54) is 11.6 Å². The van der Waals surface area contributed by atoms with E-state index in [1.54, 1.807) is 6.07 Å². The fourth-order valence-electron chi connectivity index (χ4n) is 3.43. The van der Waals surface area contributed by atoms with Gasteiger partial charge in [0.15, 0.2) is 18.9 Å². The molecule has 0 amide bonds. The molecule has 0 spiro atoms. The van der Waals surface area contributed by atoms with Gasteiger partial charge in [0.2, 0.25) is 6.29 Å². The predicted molar refractivity (Wildman–Crippen MR) is 105 cm³/mol. The summed E-state index contributed by atoms with van der Waals surface area (Å²) in [6.07, 6.45) is 3.59. The van der Waals surface area contributed by atoms with Crippen LogP contribution in [-0.4, -0.2) is 0 Å². The first kappa shape index (κ1) is 18.6. The molecule has 0 unspecified atom stereocenters. The van der Waals surface area contributed by atoms with Crippen molar-refractivity contribution in [3.63, 3.8) is 0 Å². The number of aromatic nitrogens is 1. The molecule has 1 aromatic heterocycles. The van der Waals surface area contributed by atoms with Crippen LogP contribution in [0.5, 0.6) is 5.75 Å².